The lowest BCUT2D eigenvalue weighted by Crippen LogP contribution is -2.34. The molecule has 0 aliphatic carbocycles. The van der Waals surface area contributed by atoms with Crippen molar-refractivity contribution in [1.29, 1.82) is 5.41 Å². The summed E-state index contributed by atoms with van der Waals surface area (Å²) in [6, 6.07) is 5.76. The Bertz CT molecular complexity index is 449. The summed E-state index contributed by atoms with van der Waals surface area (Å²) in [7, 11) is 0. The van der Waals surface area contributed by atoms with Crippen molar-refractivity contribution < 1.29 is 17.9 Å². The number of benzene rings is 1. The maximum atomic E-state index is 12.9. The SMILES string of the molecule is CCCCCCC(Oc1ccc(C(=N)N)cc1)C(F)(F)F.Cl. The molecule has 1 aromatic rings. The van der Waals surface area contributed by atoms with E-state index >= 15 is 0 Å². The van der Waals surface area contributed by atoms with Crippen LogP contribution in [0.15, 0.2) is 24.3 Å². The van der Waals surface area contributed by atoms with Crippen molar-refractivity contribution in [3.63, 3.8) is 0 Å². The van der Waals surface area contributed by atoms with Crippen LogP contribution in [-0.2, 0) is 0 Å². The Labute approximate surface area is 135 Å². The molecule has 1 atom stereocenters. The molecule has 22 heavy (non-hydrogen) atoms. The summed E-state index contributed by atoms with van der Waals surface area (Å²) in [6.45, 7) is 2.01. The van der Waals surface area contributed by atoms with E-state index in [9.17, 15) is 13.2 Å². The van der Waals surface area contributed by atoms with Gasteiger partial charge in [-0.05, 0) is 37.1 Å². The van der Waals surface area contributed by atoms with Gasteiger partial charge in [0.2, 0.25) is 0 Å². The highest BCUT2D eigenvalue weighted by Gasteiger charge is 2.41. The van der Waals surface area contributed by atoms with Crippen LogP contribution in [-0.4, -0.2) is 18.1 Å². The fraction of sp³-hybridized carbons (Fsp3) is 0.533. The summed E-state index contributed by atoms with van der Waals surface area (Å²) >= 11 is 0. The number of rotatable bonds is 8. The summed E-state index contributed by atoms with van der Waals surface area (Å²) in [4.78, 5) is 0. The van der Waals surface area contributed by atoms with Crippen LogP contribution in [0, 0.1) is 5.41 Å². The molecule has 0 bridgehead atoms. The first-order valence-corrected chi connectivity index (χ1v) is 7.02. The van der Waals surface area contributed by atoms with E-state index in [0.29, 0.717) is 12.0 Å². The minimum absolute atomic E-state index is 0. The Morgan fingerprint density at radius 1 is 1.18 bits per heavy atom. The van der Waals surface area contributed by atoms with Crippen molar-refractivity contribution in [1.82, 2.24) is 0 Å². The topological polar surface area (TPSA) is 59.1 Å². The fourth-order valence-electron chi connectivity index (χ4n) is 1.92. The van der Waals surface area contributed by atoms with Crippen LogP contribution in [0.4, 0.5) is 13.2 Å². The maximum Gasteiger partial charge on any atom is 0.425 e. The van der Waals surface area contributed by atoms with Crippen LogP contribution < -0.4 is 10.5 Å². The molecule has 0 saturated carbocycles. The number of nitrogens with two attached hydrogens (primary N) is 1. The third kappa shape index (κ3) is 7.02. The van der Waals surface area contributed by atoms with Gasteiger partial charge in [0.25, 0.3) is 0 Å². The van der Waals surface area contributed by atoms with Crippen molar-refractivity contribution in [2.75, 3.05) is 0 Å². The van der Waals surface area contributed by atoms with Crippen molar-refractivity contribution in [2.24, 2.45) is 5.73 Å². The Balaban J connectivity index is 0.00000441. The predicted octanol–water partition coefficient (Wildman–Crippen LogP) is 4.67. The van der Waals surface area contributed by atoms with Crippen molar-refractivity contribution in [3.05, 3.63) is 29.8 Å². The number of hydrogen-bond donors (Lipinski definition) is 2. The van der Waals surface area contributed by atoms with E-state index in [0.717, 1.165) is 19.3 Å². The van der Waals surface area contributed by atoms with E-state index in [1.54, 1.807) is 0 Å². The van der Waals surface area contributed by atoms with Crippen LogP contribution in [0.2, 0.25) is 0 Å². The van der Waals surface area contributed by atoms with Gasteiger partial charge >= 0.3 is 6.18 Å². The fourth-order valence-corrected chi connectivity index (χ4v) is 1.92. The van der Waals surface area contributed by atoms with E-state index in [1.165, 1.54) is 24.3 Å². The summed E-state index contributed by atoms with van der Waals surface area (Å²) in [5.74, 6) is 0.00584. The van der Waals surface area contributed by atoms with Crippen LogP contribution in [0.3, 0.4) is 0 Å². The van der Waals surface area contributed by atoms with Crippen LogP contribution >= 0.6 is 12.4 Å². The molecule has 0 aromatic heterocycles. The molecule has 0 amide bonds. The van der Waals surface area contributed by atoms with Crippen LogP contribution in [0.1, 0.15) is 44.6 Å². The summed E-state index contributed by atoms with van der Waals surface area (Å²) in [5, 5.41) is 7.23. The van der Waals surface area contributed by atoms with E-state index in [-0.39, 0.29) is 30.4 Å². The zero-order chi connectivity index (χ0) is 15.9. The first-order valence-electron chi connectivity index (χ1n) is 7.02. The number of nitrogens with one attached hydrogen (secondary N) is 1. The number of ether oxygens (including phenoxy) is 1. The minimum atomic E-state index is -4.38. The lowest BCUT2D eigenvalue weighted by Gasteiger charge is -2.22. The molecule has 0 aliphatic rings. The Hall–Kier alpha value is -1.43. The molecule has 1 aromatic carbocycles. The Morgan fingerprint density at radius 2 is 1.77 bits per heavy atom. The molecule has 0 heterocycles. The second-order valence-corrected chi connectivity index (χ2v) is 4.94. The molecule has 126 valence electrons. The molecular weight excluding hydrogens is 317 g/mol. The molecule has 3 nitrogen and oxygen atoms in total. The number of amidine groups is 1. The molecule has 0 aliphatic heterocycles. The van der Waals surface area contributed by atoms with Crippen molar-refractivity contribution >= 4 is 18.2 Å². The first kappa shape index (κ1) is 20.6. The number of halogens is 4. The van der Waals surface area contributed by atoms with E-state index in [4.69, 9.17) is 15.9 Å². The van der Waals surface area contributed by atoms with Gasteiger partial charge in [0.15, 0.2) is 6.10 Å². The number of nitrogen functional groups attached to an aromatic ring is 1. The number of unbranched alkanes of at least 4 members (excludes halogenated alkanes) is 3. The molecule has 0 radical (unpaired) electrons. The van der Waals surface area contributed by atoms with Crippen LogP contribution in [0.25, 0.3) is 0 Å². The Kier molecular flexibility index (Phi) is 8.94. The van der Waals surface area contributed by atoms with Crippen molar-refractivity contribution in [2.45, 2.75) is 51.3 Å². The van der Waals surface area contributed by atoms with Gasteiger partial charge in [-0.3, -0.25) is 5.41 Å². The van der Waals surface area contributed by atoms with E-state index in [2.05, 4.69) is 0 Å². The van der Waals surface area contributed by atoms with Gasteiger partial charge in [-0.25, -0.2) is 0 Å². The summed E-state index contributed by atoms with van der Waals surface area (Å²) < 4.78 is 43.9. The standard InChI is InChI=1S/C15H21F3N2O.ClH/c1-2-3-4-5-6-13(15(16,17)18)21-12-9-7-11(8-10-12)14(19)20;/h7-10,13H,2-6H2,1H3,(H3,19,20);1H. The van der Waals surface area contributed by atoms with Gasteiger partial charge in [0.05, 0.1) is 0 Å². The molecular formula is C15H22ClF3N2O. The summed E-state index contributed by atoms with van der Waals surface area (Å²) in [6.07, 6.45) is -3.05. The highest BCUT2D eigenvalue weighted by molar-refractivity contribution is 5.94. The monoisotopic (exact) mass is 338 g/mol. The highest BCUT2D eigenvalue weighted by Crippen LogP contribution is 2.29. The maximum absolute atomic E-state index is 12.9. The average Bonchev–Trinajstić information content (AvgIpc) is 2.41. The average molecular weight is 339 g/mol. The van der Waals surface area contributed by atoms with Gasteiger partial charge < -0.3 is 10.5 Å². The zero-order valence-electron chi connectivity index (χ0n) is 12.5. The van der Waals surface area contributed by atoms with Gasteiger partial charge in [-0.15, -0.1) is 12.4 Å². The third-order valence-corrected chi connectivity index (χ3v) is 3.13. The molecule has 0 fully saturated rings. The minimum Gasteiger partial charge on any atom is -0.481 e. The molecule has 0 spiro atoms. The van der Waals surface area contributed by atoms with Gasteiger partial charge in [0.1, 0.15) is 11.6 Å². The third-order valence-electron chi connectivity index (χ3n) is 3.13. The number of alkyl halides is 3. The van der Waals surface area contributed by atoms with Gasteiger partial charge in [-0.1, -0.05) is 26.2 Å². The van der Waals surface area contributed by atoms with Gasteiger partial charge in [0, 0.05) is 5.56 Å². The molecule has 0 saturated heterocycles. The summed E-state index contributed by atoms with van der Waals surface area (Å²) in [5.41, 5.74) is 5.74. The smallest absolute Gasteiger partial charge is 0.425 e. The van der Waals surface area contributed by atoms with E-state index in [1.807, 2.05) is 6.92 Å². The predicted molar refractivity (Wildman–Crippen MR) is 83.9 cm³/mol. The first-order chi connectivity index (χ1) is 9.84. The molecule has 1 rings (SSSR count). The molecule has 3 N–H and O–H groups in total. The van der Waals surface area contributed by atoms with Gasteiger partial charge in [-0.2, -0.15) is 13.2 Å². The second-order valence-electron chi connectivity index (χ2n) is 4.94. The normalized spacial score (nSPS) is 12.4. The highest BCUT2D eigenvalue weighted by atomic mass is 35.5. The van der Waals surface area contributed by atoms with Crippen molar-refractivity contribution in [3.8, 4) is 5.75 Å². The zero-order valence-corrected chi connectivity index (χ0v) is 13.3. The largest absolute Gasteiger partial charge is 0.481 e. The lowest BCUT2D eigenvalue weighted by atomic mass is 10.1. The Morgan fingerprint density at radius 3 is 2.23 bits per heavy atom. The van der Waals surface area contributed by atoms with E-state index < -0.39 is 12.3 Å². The lowest BCUT2D eigenvalue weighted by molar-refractivity contribution is -0.197. The van der Waals surface area contributed by atoms with Crippen LogP contribution in [0.5, 0.6) is 5.75 Å². The second kappa shape index (κ2) is 9.56. The molecule has 1 unspecified atom stereocenters. The number of hydrogen-bond acceptors (Lipinski definition) is 2. The molecule has 7 heteroatoms. The quantitative estimate of drug-likeness (QED) is 0.411.